The molecule has 7 heteroatoms. The van der Waals surface area contributed by atoms with E-state index in [0.717, 1.165) is 0 Å². The maximum Gasteiger partial charge on any atom is 0.338 e. The molecular weight excluding hydrogens is 394 g/mol. The van der Waals surface area contributed by atoms with Gasteiger partial charge in [-0.25, -0.2) is 13.6 Å². The number of carbonyl (C=O) groups is 1. The monoisotopic (exact) mass is 424 g/mol. The third kappa shape index (κ3) is 2.14. The molecule has 0 radical (unpaired) electrons. The number of benzene rings is 1. The van der Waals surface area contributed by atoms with Crippen LogP contribution in [0.25, 0.3) is 0 Å². The number of rotatable bonds is 3. The zero-order valence-electron chi connectivity index (χ0n) is 18.8. The highest BCUT2D eigenvalue weighted by Gasteiger charge is 3.03. The van der Waals surface area contributed by atoms with Crippen LogP contribution in [-0.4, -0.2) is 40.8 Å². The third-order valence-corrected chi connectivity index (χ3v) is 7.74. The molecule has 0 N–H and O–H groups in total. The molecule has 1 spiro atoms. The van der Waals surface area contributed by atoms with Crippen molar-refractivity contribution in [1.29, 1.82) is 0 Å². The fraction of sp³-hybridized carbons (Fsp3) is 0.696. The Morgan fingerprint density at radius 1 is 1.00 bits per heavy atom. The largest absolute Gasteiger partial charge is 0.453 e. The van der Waals surface area contributed by atoms with E-state index in [2.05, 4.69) is 0 Å². The van der Waals surface area contributed by atoms with Crippen LogP contribution in [0.3, 0.4) is 0 Å². The minimum absolute atomic E-state index is 0.336. The highest BCUT2D eigenvalue weighted by molar-refractivity contribution is 5.89. The summed E-state index contributed by atoms with van der Waals surface area (Å²) in [5.74, 6) is -4.82. The molecular formula is C23H30F2O5. The van der Waals surface area contributed by atoms with Gasteiger partial charge in [0.25, 0.3) is 5.92 Å². The summed E-state index contributed by atoms with van der Waals surface area (Å²) < 4.78 is 55.6. The van der Waals surface area contributed by atoms with Crippen molar-refractivity contribution in [2.45, 2.75) is 90.2 Å². The van der Waals surface area contributed by atoms with Gasteiger partial charge in [0.2, 0.25) is 0 Å². The van der Waals surface area contributed by atoms with Gasteiger partial charge >= 0.3 is 5.97 Å². The first-order chi connectivity index (χ1) is 13.5. The van der Waals surface area contributed by atoms with Crippen LogP contribution < -0.4 is 0 Å². The molecule has 5 nitrogen and oxygen atoms in total. The average Bonchev–Trinajstić information content (AvgIpc) is 2.76. The topological polar surface area (TPSA) is 54.0 Å². The molecule has 2 aliphatic heterocycles. The first kappa shape index (κ1) is 21.7. The van der Waals surface area contributed by atoms with E-state index in [4.69, 9.17) is 18.9 Å². The van der Waals surface area contributed by atoms with Crippen molar-refractivity contribution in [3.63, 3.8) is 0 Å². The molecule has 2 heterocycles. The van der Waals surface area contributed by atoms with Crippen molar-refractivity contribution in [3.05, 3.63) is 35.9 Å². The molecule has 0 aromatic heterocycles. The Kier molecular flexibility index (Phi) is 4.05. The Bertz CT molecular complexity index is 880. The van der Waals surface area contributed by atoms with Crippen LogP contribution in [-0.2, 0) is 18.9 Å². The summed E-state index contributed by atoms with van der Waals surface area (Å²) in [6.07, 6.45) is -1.03. The average molecular weight is 424 g/mol. The van der Waals surface area contributed by atoms with Gasteiger partial charge in [-0.3, -0.25) is 0 Å². The van der Waals surface area contributed by atoms with Crippen LogP contribution in [0, 0.1) is 10.8 Å². The molecule has 0 amide bonds. The molecule has 1 saturated carbocycles. The smallest absolute Gasteiger partial charge is 0.338 e. The van der Waals surface area contributed by atoms with Gasteiger partial charge in [0, 0.05) is 5.41 Å². The van der Waals surface area contributed by atoms with Crippen LogP contribution in [0.4, 0.5) is 8.78 Å². The van der Waals surface area contributed by atoms with Gasteiger partial charge in [-0.1, -0.05) is 32.0 Å². The minimum atomic E-state index is -3.14. The Hall–Kier alpha value is -1.57. The van der Waals surface area contributed by atoms with Gasteiger partial charge in [0.05, 0.1) is 5.56 Å². The molecule has 30 heavy (non-hydrogen) atoms. The Morgan fingerprint density at radius 2 is 1.53 bits per heavy atom. The Balaban J connectivity index is 1.80. The first-order valence-electron chi connectivity index (χ1n) is 10.2. The molecule has 1 aromatic rings. The maximum absolute atomic E-state index is 15.7. The van der Waals surface area contributed by atoms with Crippen molar-refractivity contribution in [3.8, 4) is 0 Å². The molecule has 4 atom stereocenters. The molecule has 3 fully saturated rings. The second-order valence-electron chi connectivity index (χ2n) is 10.4. The lowest BCUT2D eigenvalue weighted by Crippen LogP contribution is -2.62. The number of ether oxygens (including phenoxy) is 4. The molecule has 0 bridgehead atoms. The molecule has 1 aliphatic carbocycles. The van der Waals surface area contributed by atoms with Gasteiger partial charge in [-0.2, -0.15) is 0 Å². The van der Waals surface area contributed by atoms with Crippen LogP contribution in [0.1, 0.15) is 65.7 Å². The van der Waals surface area contributed by atoms with Crippen LogP contribution in [0.2, 0.25) is 0 Å². The summed E-state index contributed by atoms with van der Waals surface area (Å²) in [7, 11) is 0. The summed E-state index contributed by atoms with van der Waals surface area (Å²) in [6, 6.07) is 8.45. The van der Waals surface area contributed by atoms with E-state index < -0.39 is 51.6 Å². The van der Waals surface area contributed by atoms with E-state index in [1.165, 1.54) is 13.8 Å². The second kappa shape index (κ2) is 5.61. The molecule has 0 unspecified atom stereocenters. The quantitative estimate of drug-likeness (QED) is 0.644. The van der Waals surface area contributed by atoms with E-state index in [1.54, 1.807) is 71.9 Å². The van der Waals surface area contributed by atoms with Gasteiger partial charge < -0.3 is 18.9 Å². The highest BCUT2D eigenvalue weighted by atomic mass is 19.3. The fourth-order valence-corrected chi connectivity index (χ4v) is 6.27. The molecule has 166 valence electrons. The fourth-order valence-electron chi connectivity index (χ4n) is 6.27. The first-order valence-corrected chi connectivity index (χ1v) is 10.2. The number of hydrogen-bond donors (Lipinski definition) is 0. The predicted octanol–water partition coefficient (Wildman–Crippen LogP) is 4.94. The number of fused-ring (bicyclic) bond motifs is 2. The molecule has 3 aliphatic rings. The van der Waals surface area contributed by atoms with Crippen molar-refractivity contribution in [2.24, 2.45) is 10.8 Å². The van der Waals surface area contributed by atoms with E-state index in [-0.39, 0.29) is 0 Å². The number of alkyl halides is 2. The van der Waals surface area contributed by atoms with Gasteiger partial charge in [-0.15, -0.1) is 0 Å². The summed E-state index contributed by atoms with van der Waals surface area (Å²) in [5.41, 5.74) is -7.36. The normalized spacial score (nSPS) is 40.3. The summed E-state index contributed by atoms with van der Waals surface area (Å²) in [6.45, 7) is 12.8. The van der Waals surface area contributed by atoms with Crippen LogP contribution in [0.5, 0.6) is 0 Å². The number of esters is 1. The van der Waals surface area contributed by atoms with Gasteiger partial charge in [0.15, 0.2) is 12.1 Å². The second-order valence-corrected chi connectivity index (χ2v) is 10.4. The maximum atomic E-state index is 15.7. The molecule has 1 aromatic carbocycles. The number of carbonyl (C=O) groups excluding carboxylic acids is 1. The zero-order valence-corrected chi connectivity index (χ0v) is 18.8. The van der Waals surface area contributed by atoms with Crippen molar-refractivity contribution >= 4 is 5.97 Å². The third-order valence-electron chi connectivity index (χ3n) is 7.74. The SMILES string of the molecule is CC1(C)O[C@H]2O[C@](C)(C(C)(C)OC(=O)c3ccccc3)[C@@]3(C(C)(C)C3(F)F)[C@@]2(C)O1. The van der Waals surface area contributed by atoms with E-state index >= 15 is 8.78 Å². The summed E-state index contributed by atoms with van der Waals surface area (Å²) >= 11 is 0. The Morgan fingerprint density at radius 3 is 2.03 bits per heavy atom. The van der Waals surface area contributed by atoms with Crippen LogP contribution in [0.15, 0.2) is 30.3 Å². The van der Waals surface area contributed by atoms with E-state index in [0.29, 0.717) is 5.56 Å². The van der Waals surface area contributed by atoms with Crippen molar-refractivity contribution in [2.75, 3.05) is 0 Å². The Labute approximate surface area is 176 Å². The number of hydrogen-bond acceptors (Lipinski definition) is 5. The lowest BCUT2D eigenvalue weighted by molar-refractivity contribution is -0.276. The van der Waals surface area contributed by atoms with Gasteiger partial charge in [-0.05, 0) is 53.7 Å². The summed E-state index contributed by atoms with van der Waals surface area (Å²) in [5, 5.41) is 0. The zero-order chi connectivity index (χ0) is 22.6. The van der Waals surface area contributed by atoms with Crippen molar-refractivity contribution < 1.29 is 32.5 Å². The van der Waals surface area contributed by atoms with Crippen molar-refractivity contribution in [1.82, 2.24) is 0 Å². The lowest BCUT2D eigenvalue weighted by atomic mass is 9.64. The highest BCUT2D eigenvalue weighted by Crippen LogP contribution is 2.88. The standard InChI is InChI=1S/C23H30F2O5/c1-17(2)22(23(17,24)25)20(7)16(28-19(5,6)30-20)29-21(22,8)18(3,4)27-15(26)14-12-10-9-11-13-14/h9-13,16H,1-8H3/t16-,20-,21+,22+/m0/s1. The van der Waals surface area contributed by atoms with Gasteiger partial charge in [0.1, 0.15) is 22.2 Å². The number of halogens is 2. The summed E-state index contributed by atoms with van der Waals surface area (Å²) in [4.78, 5) is 12.8. The lowest BCUT2D eigenvalue weighted by Gasteiger charge is -2.47. The molecule has 4 rings (SSSR count). The minimum Gasteiger partial charge on any atom is -0.453 e. The predicted molar refractivity (Wildman–Crippen MR) is 105 cm³/mol. The van der Waals surface area contributed by atoms with E-state index in [1.807, 2.05) is 0 Å². The van der Waals surface area contributed by atoms with Crippen LogP contribution >= 0.6 is 0 Å². The van der Waals surface area contributed by atoms with E-state index in [9.17, 15) is 4.79 Å². The molecule has 2 saturated heterocycles.